The Balaban J connectivity index is 2.02. The van der Waals surface area contributed by atoms with Crippen molar-refractivity contribution in [1.82, 2.24) is 4.98 Å². The lowest BCUT2D eigenvalue weighted by atomic mass is 10.1. The number of fused-ring (bicyclic) bond motifs is 1. The van der Waals surface area contributed by atoms with Crippen molar-refractivity contribution >= 4 is 43.2 Å². The Morgan fingerprint density at radius 1 is 1.24 bits per heavy atom. The van der Waals surface area contributed by atoms with Crippen molar-refractivity contribution in [3.63, 3.8) is 0 Å². The highest BCUT2D eigenvalue weighted by molar-refractivity contribution is 9.09. The van der Waals surface area contributed by atoms with Crippen LogP contribution in [0, 0.1) is 10.1 Å². The molecule has 0 fully saturated rings. The number of aromatic nitrogens is 1. The molecule has 3 rings (SSSR count). The predicted octanol–water partition coefficient (Wildman–Crippen LogP) is 5.33. The number of halogens is 1. The number of nitro benzene ring substituents is 1. The van der Waals surface area contributed by atoms with Crippen molar-refractivity contribution in [1.29, 1.82) is 0 Å². The Labute approximate surface area is 133 Å². The average Bonchev–Trinajstić information content (AvgIpc) is 2.90. The van der Waals surface area contributed by atoms with E-state index >= 15 is 0 Å². The van der Waals surface area contributed by atoms with Crippen molar-refractivity contribution in [2.75, 3.05) is 0 Å². The number of nitro groups is 1. The van der Waals surface area contributed by atoms with E-state index in [0.29, 0.717) is 10.3 Å². The van der Waals surface area contributed by atoms with E-state index in [1.807, 2.05) is 12.1 Å². The molecule has 1 unspecified atom stereocenters. The number of alkyl halides is 1. The second-order valence-corrected chi connectivity index (χ2v) is 7.07. The maximum absolute atomic E-state index is 10.8. The number of non-ortho nitro benzene ring substituents is 1. The molecule has 0 N–H and O–H groups in total. The van der Waals surface area contributed by atoms with Gasteiger partial charge >= 0.3 is 0 Å². The average molecular weight is 363 g/mol. The van der Waals surface area contributed by atoms with Crippen LogP contribution < -0.4 is 0 Å². The molecule has 0 radical (unpaired) electrons. The smallest absolute Gasteiger partial charge is 0.258 e. The first-order chi connectivity index (χ1) is 10.0. The molecule has 0 saturated heterocycles. The summed E-state index contributed by atoms with van der Waals surface area (Å²) in [6.45, 7) is 2.08. The molecule has 0 aliphatic rings. The van der Waals surface area contributed by atoms with Gasteiger partial charge in [0, 0.05) is 22.5 Å². The third kappa shape index (κ3) is 2.82. The standard InChI is InChI=1S/C15H11BrN2O2S/c1-9(16)10-2-4-11(5-3-10)15-17-13-8-12(18(19)20)6-7-14(13)21-15/h2-9H,1H3. The van der Waals surface area contributed by atoms with E-state index in [0.717, 1.165) is 15.3 Å². The summed E-state index contributed by atoms with van der Waals surface area (Å²) in [5, 5.41) is 11.7. The minimum absolute atomic E-state index is 0.0720. The molecule has 2 aromatic carbocycles. The maximum Gasteiger partial charge on any atom is 0.271 e. The fraction of sp³-hybridized carbons (Fsp3) is 0.133. The molecule has 0 aliphatic carbocycles. The summed E-state index contributed by atoms with van der Waals surface area (Å²) in [5.74, 6) is 0. The fourth-order valence-corrected chi connectivity index (χ4v) is 3.30. The van der Waals surface area contributed by atoms with Gasteiger partial charge in [0.05, 0.1) is 15.1 Å². The van der Waals surface area contributed by atoms with Crippen LogP contribution in [0.15, 0.2) is 42.5 Å². The van der Waals surface area contributed by atoms with Crippen LogP contribution in [0.25, 0.3) is 20.8 Å². The number of benzene rings is 2. The second-order valence-electron chi connectivity index (χ2n) is 4.67. The maximum atomic E-state index is 10.8. The second kappa shape index (κ2) is 5.54. The lowest BCUT2D eigenvalue weighted by Crippen LogP contribution is -1.86. The minimum Gasteiger partial charge on any atom is -0.258 e. The van der Waals surface area contributed by atoms with Crippen LogP contribution in [-0.4, -0.2) is 9.91 Å². The van der Waals surface area contributed by atoms with Crippen molar-refractivity contribution in [2.45, 2.75) is 11.8 Å². The zero-order valence-electron chi connectivity index (χ0n) is 11.1. The molecule has 1 aromatic heterocycles. The number of hydrogen-bond acceptors (Lipinski definition) is 4. The normalized spacial score (nSPS) is 12.5. The van der Waals surface area contributed by atoms with Gasteiger partial charge in [-0.3, -0.25) is 10.1 Å². The molecule has 6 heteroatoms. The molecule has 0 bridgehead atoms. The highest BCUT2D eigenvalue weighted by Crippen LogP contribution is 2.33. The predicted molar refractivity (Wildman–Crippen MR) is 89.1 cm³/mol. The van der Waals surface area contributed by atoms with Gasteiger partial charge in [-0.15, -0.1) is 11.3 Å². The molecular weight excluding hydrogens is 352 g/mol. The summed E-state index contributed by atoms with van der Waals surface area (Å²) in [5.41, 5.74) is 2.97. The minimum atomic E-state index is -0.398. The van der Waals surface area contributed by atoms with Gasteiger partial charge < -0.3 is 0 Å². The van der Waals surface area contributed by atoms with Gasteiger partial charge in [0.2, 0.25) is 0 Å². The molecule has 1 heterocycles. The van der Waals surface area contributed by atoms with Crippen LogP contribution in [0.2, 0.25) is 0 Å². The SMILES string of the molecule is CC(Br)c1ccc(-c2nc3cc([N+](=O)[O-])ccc3s2)cc1. The first-order valence-electron chi connectivity index (χ1n) is 6.34. The first-order valence-corrected chi connectivity index (χ1v) is 8.07. The summed E-state index contributed by atoms with van der Waals surface area (Å²) in [6.07, 6.45) is 0. The van der Waals surface area contributed by atoms with Crippen LogP contribution >= 0.6 is 27.3 Å². The number of hydrogen-bond donors (Lipinski definition) is 0. The summed E-state index contributed by atoms with van der Waals surface area (Å²) in [6, 6.07) is 13.0. The van der Waals surface area contributed by atoms with Crippen LogP contribution in [-0.2, 0) is 0 Å². The summed E-state index contributed by atoms with van der Waals surface area (Å²) < 4.78 is 0.952. The summed E-state index contributed by atoms with van der Waals surface area (Å²) >= 11 is 5.08. The van der Waals surface area contributed by atoms with Gasteiger partial charge in [-0.05, 0) is 18.6 Å². The number of nitrogens with zero attached hydrogens (tertiary/aromatic N) is 2. The van der Waals surface area contributed by atoms with Gasteiger partial charge in [0.25, 0.3) is 5.69 Å². The van der Waals surface area contributed by atoms with E-state index < -0.39 is 4.92 Å². The van der Waals surface area contributed by atoms with Gasteiger partial charge in [-0.1, -0.05) is 40.2 Å². The summed E-state index contributed by atoms with van der Waals surface area (Å²) in [7, 11) is 0. The van der Waals surface area contributed by atoms with Gasteiger partial charge in [0.1, 0.15) is 5.01 Å². The zero-order chi connectivity index (χ0) is 15.0. The third-order valence-electron chi connectivity index (χ3n) is 3.20. The fourth-order valence-electron chi connectivity index (χ4n) is 2.04. The van der Waals surface area contributed by atoms with Crippen molar-refractivity contribution in [3.05, 3.63) is 58.1 Å². The Hall–Kier alpha value is -1.79. The van der Waals surface area contributed by atoms with E-state index in [-0.39, 0.29) is 5.69 Å². The van der Waals surface area contributed by atoms with Gasteiger partial charge in [0.15, 0.2) is 0 Å². The monoisotopic (exact) mass is 362 g/mol. The van der Waals surface area contributed by atoms with Crippen LogP contribution in [0.5, 0.6) is 0 Å². The molecule has 106 valence electrons. The Bertz CT molecular complexity index is 812. The van der Waals surface area contributed by atoms with E-state index in [1.165, 1.54) is 29.0 Å². The molecule has 3 aromatic rings. The molecule has 21 heavy (non-hydrogen) atoms. The van der Waals surface area contributed by atoms with Gasteiger partial charge in [-0.2, -0.15) is 0 Å². The van der Waals surface area contributed by atoms with Crippen molar-refractivity contribution in [3.8, 4) is 10.6 Å². The highest BCUT2D eigenvalue weighted by Gasteiger charge is 2.11. The van der Waals surface area contributed by atoms with E-state index in [9.17, 15) is 10.1 Å². The van der Waals surface area contributed by atoms with E-state index in [2.05, 4.69) is 40.0 Å². The Morgan fingerprint density at radius 3 is 2.57 bits per heavy atom. The highest BCUT2D eigenvalue weighted by atomic mass is 79.9. The van der Waals surface area contributed by atoms with E-state index in [1.54, 1.807) is 6.07 Å². The molecule has 0 spiro atoms. The van der Waals surface area contributed by atoms with Crippen molar-refractivity contribution < 1.29 is 4.92 Å². The van der Waals surface area contributed by atoms with Gasteiger partial charge in [-0.25, -0.2) is 4.98 Å². The zero-order valence-corrected chi connectivity index (χ0v) is 13.5. The lowest BCUT2D eigenvalue weighted by molar-refractivity contribution is -0.384. The number of thiazole rings is 1. The summed E-state index contributed by atoms with van der Waals surface area (Å²) in [4.78, 5) is 15.2. The molecular formula is C15H11BrN2O2S. The van der Waals surface area contributed by atoms with Crippen LogP contribution in [0.4, 0.5) is 5.69 Å². The van der Waals surface area contributed by atoms with E-state index in [4.69, 9.17) is 0 Å². The molecule has 0 aliphatic heterocycles. The topological polar surface area (TPSA) is 56.0 Å². The third-order valence-corrected chi connectivity index (χ3v) is 4.81. The first kappa shape index (κ1) is 14.2. The Morgan fingerprint density at radius 2 is 1.95 bits per heavy atom. The number of rotatable bonds is 3. The quantitative estimate of drug-likeness (QED) is 0.359. The van der Waals surface area contributed by atoms with Crippen LogP contribution in [0.3, 0.4) is 0 Å². The molecule has 0 saturated carbocycles. The lowest BCUT2D eigenvalue weighted by Gasteiger charge is -2.03. The molecule has 1 atom stereocenters. The molecule has 0 amide bonds. The Kier molecular flexibility index (Phi) is 3.73. The van der Waals surface area contributed by atoms with Crippen molar-refractivity contribution in [2.24, 2.45) is 0 Å². The molecule has 4 nitrogen and oxygen atoms in total. The largest absolute Gasteiger partial charge is 0.271 e. The van der Waals surface area contributed by atoms with Crippen LogP contribution in [0.1, 0.15) is 17.3 Å².